The third kappa shape index (κ3) is 2.95. The summed E-state index contributed by atoms with van der Waals surface area (Å²) in [5.41, 5.74) is 4.43. The summed E-state index contributed by atoms with van der Waals surface area (Å²) in [5.74, 6) is 2.59. The smallest absolute Gasteiger partial charge is 0.138 e. The molecule has 0 fully saturated rings. The molecule has 2 aromatic rings. The average Bonchev–Trinajstić information content (AvgIpc) is 3.06. The van der Waals surface area contributed by atoms with Crippen molar-refractivity contribution < 1.29 is 24.4 Å². The molecule has 0 bridgehead atoms. The Morgan fingerprint density at radius 3 is 2.73 bits per heavy atom. The van der Waals surface area contributed by atoms with Crippen molar-refractivity contribution in [2.24, 2.45) is 0 Å². The first-order valence-corrected chi connectivity index (χ1v) is 10.6. The Hall–Kier alpha value is -2.66. The number of phenols is 1. The van der Waals surface area contributed by atoms with E-state index in [1.165, 1.54) is 5.57 Å². The highest BCUT2D eigenvalue weighted by Gasteiger charge is 2.45. The fourth-order valence-electron chi connectivity index (χ4n) is 4.61. The van der Waals surface area contributed by atoms with E-state index in [2.05, 4.69) is 12.1 Å². The minimum Gasteiger partial charge on any atom is -0.508 e. The van der Waals surface area contributed by atoms with Crippen LogP contribution in [0.4, 0.5) is 0 Å². The second-order valence-corrected chi connectivity index (χ2v) is 9.35. The number of ether oxygens (including phenoxy) is 3. The summed E-state index contributed by atoms with van der Waals surface area (Å²) >= 11 is 0. The van der Waals surface area contributed by atoms with Gasteiger partial charge in [-0.3, -0.25) is 0 Å². The highest BCUT2D eigenvalue weighted by molar-refractivity contribution is 5.59. The summed E-state index contributed by atoms with van der Waals surface area (Å²) in [5, 5.41) is 21.0. The third-order valence-electron chi connectivity index (χ3n) is 6.50. The molecule has 0 saturated heterocycles. The van der Waals surface area contributed by atoms with Gasteiger partial charge in [-0.2, -0.15) is 0 Å². The van der Waals surface area contributed by atoms with Gasteiger partial charge in [-0.15, -0.1) is 0 Å². The Balaban J connectivity index is 1.54. The maximum atomic E-state index is 10.6. The molecule has 5 rings (SSSR count). The molecule has 30 heavy (non-hydrogen) atoms. The topological polar surface area (TPSA) is 68.2 Å². The summed E-state index contributed by atoms with van der Waals surface area (Å²) in [4.78, 5) is 0. The lowest BCUT2D eigenvalue weighted by atomic mass is 9.85. The molecule has 0 aliphatic carbocycles. The Morgan fingerprint density at radius 2 is 1.97 bits per heavy atom. The molecule has 0 saturated carbocycles. The molecule has 5 nitrogen and oxygen atoms in total. The van der Waals surface area contributed by atoms with Gasteiger partial charge in [0.15, 0.2) is 0 Å². The first-order valence-electron chi connectivity index (χ1n) is 10.6. The summed E-state index contributed by atoms with van der Waals surface area (Å²) < 4.78 is 18.6. The maximum absolute atomic E-state index is 10.6. The molecule has 158 valence electrons. The lowest BCUT2D eigenvalue weighted by molar-refractivity contribution is -0.0418. The van der Waals surface area contributed by atoms with Gasteiger partial charge < -0.3 is 24.4 Å². The van der Waals surface area contributed by atoms with Crippen molar-refractivity contribution in [3.8, 4) is 23.0 Å². The number of rotatable bonds is 2. The highest BCUT2D eigenvalue weighted by atomic mass is 16.5. The standard InChI is InChI=1S/C25H28O5/c1-13(2)5-6-14-9-16-21(11-19(14)26)28-12-18-15-7-8-20-17(23(15)29-24(16)18)10-22(27)25(3,4)30-20/h5,7-9,11,18,22,24,26-27H,6,10,12H2,1-4H3/t18-,22-,24-/m0/s1. The Kier molecular flexibility index (Phi) is 4.30. The van der Waals surface area contributed by atoms with Gasteiger partial charge in [0.1, 0.15) is 34.7 Å². The van der Waals surface area contributed by atoms with Crippen molar-refractivity contribution in [1.29, 1.82) is 0 Å². The zero-order valence-corrected chi connectivity index (χ0v) is 17.9. The fourth-order valence-corrected chi connectivity index (χ4v) is 4.61. The van der Waals surface area contributed by atoms with Crippen molar-refractivity contribution in [1.82, 2.24) is 0 Å². The van der Waals surface area contributed by atoms with Crippen LogP contribution in [0.2, 0.25) is 0 Å². The van der Waals surface area contributed by atoms with Crippen molar-refractivity contribution in [2.75, 3.05) is 6.61 Å². The number of hydrogen-bond acceptors (Lipinski definition) is 5. The average molecular weight is 408 g/mol. The first kappa shape index (κ1) is 19.3. The molecular weight excluding hydrogens is 380 g/mol. The summed E-state index contributed by atoms with van der Waals surface area (Å²) in [6.07, 6.45) is 2.49. The normalized spacial score (nSPS) is 24.9. The van der Waals surface area contributed by atoms with Gasteiger partial charge >= 0.3 is 0 Å². The highest BCUT2D eigenvalue weighted by Crippen LogP contribution is 2.55. The molecule has 3 atom stereocenters. The third-order valence-corrected chi connectivity index (χ3v) is 6.50. The molecule has 2 aromatic carbocycles. The number of fused-ring (bicyclic) bond motifs is 7. The predicted octanol–water partition coefficient (Wildman–Crippen LogP) is 4.59. The number of hydrogen-bond donors (Lipinski definition) is 2. The van der Waals surface area contributed by atoms with Crippen LogP contribution in [0.3, 0.4) is 0 Å². The number of allylic oxidation sites excluding steroid dienone is 2. The predicted molar refractivity (Wildman–Crippen MR) is 114 cm³/mol. The van der Waals surface area contributed by atoms with E-state index in [4.69, 9.17) is 14.2 Å². The molecular formula is C25H28O5. The van der Waals surface area contributed by atoms with Crippen LogP contribution in [0.1, 0.15) is 62.0 Å². The largest absolute Gasteiger partial charge is 0.508 e. The lowest BCUT2D eigenvalue weighted by Crippen LogP contribution is -2.46. The second kappa shape index (κ2) is 6.67. The summed E-state index contributed by atoms with van der Waals surface area (Å²) in [7, 11) is 0. The van der Waals surface area contributed by atoms with Gasteiger partial charge in [0.2, 0.25) is 0 Å². The Morgan fingerprint density at radius 1 is 1.17 bits per heavy atom. The molecule has 0 unspecified atom stereocenters. The van der Waals surface area contributed by atoms with Crippen LogP contribution >= 0.6 is 0 Å². The molecule has 5 heteroatoms. The fraction of sp³-hybridized carbons (Fsp3) is 0.440. The summed E-state index contributed by atoms with van der Waals surface area (Å²) in [6.45, 7) is 8.39. The van der Waals surface area contributed by atoms with E-state index in [-0.39, 0.29) is 17.8 Å². The van der Waals surface area contributed by atoms with Gasteiger partial charge in [-0.25, -0.2) is 0 Å². The molecule has 0 aromatic heterocycles. The van der Waals surface area contributed by atoms with Crippen LogP contribution in [-0.2, 0) is 12.8 Å². The molecule has 0 amide bonds. The number of benzene rings is 2. The lowest BCUT2D eigenvalue weighted by Gasteiger charge is -2.37. The van der Waals surface area contributed by atoms with Crippen LogP contribution < -0.4 is 14.2 Å². The monoisotopic (exact) mass is 408 g/mol. The van der Waals surface area contributed by atoms with Gasteiger partial charge in [-0.05, 0) is 51.8 Å². The van der Waals surface area contributed by atoms with Gasteiger partial charge in [0.05, 0.1) is 18.6 Å². The van der Waals surface area contributed by atoms with Crippen LogP contribution in [0.25, 0.3) is 0 Å². The van der Waals surface area contributed by atoms with Crippen molar-refractivity contribution in [3.05, 3.63) is 58.2 Å². The van der Waals surface area contributed by atoms with E-state index in [0.717, 1.165) is 33.8 Å². The maximum Gasteiger partial charge on any atom is 0.138 e. The van der Waals surface area contributed by atoms with E-state index < -0.39 is 11.7 Å². The van der Waals surface area contributed by atoms with Crippen molar-refractivity contribution in [2.45, 2.75) is 64.3 Å². The molecule has 3 aliphatic rings. The molecule has 0 radical (unpaired) electrons. The molecule has 0 spiro atoms. The van der Waals surface area contributed by atoms with Crippen LogP contribution in [0.5, 0.6) is 23.0 Å². The number of aliphatic hydroxyl groups excluding tert-OH is 1. The molecule has 3 heterocycles. The number of aliphatic hydroxyl groups is 1. The van der Waals surface area contributed by atoms with E-state index in [1.54, 1.807) is 6.07 Å². The van der Waals surface area contributed by atoms with Crippen LogP contribution in [0, 0.1) is 0 Å². The van der Waals surface area contributed by atoms with Crippen molar-refractivity contribution in [3.63, 3.8) is 0 Å². The molecule has 3 aliphatic heterocycles. The minimum absolute atomic E-state index is 0.0747. The van der Waals surface area contributed by atoms with Crippen molar-refractivity contribution >= 4 is 0 Å². The quantitative estimate of drug-likeness (QED) is 0.712. The first-order chi connectivity index (χ1) is 14.2. The zero-order valence-electron chi connectivity index (χ0n) is 17.9. The number of aromatic hydroxyl groups is 1. The van der Waals surface area contributed by atoms with Gasteiger partial charge in [-0.1, -0.05) is 17.7 Å². The molecule has 2 N–H and O–H groups in total. The summed E-state index contributed by atoms with van der Waals surface area (Å²) in [6, 6.07) is 7.76. The van der Waals surface area contributed by atoms with E-state index >= 15 is 0 Å². The minimum atomic E-state index is -0.625. The van der Waals surface area contributed by atoms with E-state index in [0.29, 0.717) is 25.2 Å². The van der Waals surface area contributed by atoms with E-state index in [1.807, 2.05) is 39.8 Å². The van der Waals surface area contributed by atoms with Crippen LogP contribution in [0.15, 0.2) is 35.9 Å². The van der Waals surface area contributed by atoms with Gasteiger partial charge in [0.25, 0.3) is 0 Å². The Bertz CT molecular complexity index is 1050. The SMILES string of the molecule is CC(C)=CCc1cc2c(cc1O)OC[C@H]1c3ccc4c(c3O[C@@H]21)C[C@H](O)C(C)(C)O4. The van der Waals surface area contributed by atoms with Crippen LogP contribution in [-0.4, -0.2) is 28.5 Å². The van der Waals surface area contributed by atoms with E-state index in [9.17, 15) is 10.2 Å². The second-order valence-electron chi connectivity index (χ2n) is 9.35. The number of phenolic OH excluding ortho intramolecular Hbond substituents is 1. The zero-order chi connectivity index (χ0) is 21.2. The van der Waals surface area contributed by atoms with Gasteiger partial charge in [0, 0.05) is 29.2 Å². The Labute approximate surface area is 176 Å².